The zero-order valence-corrected chi connectivity index (χ0v) is 13.0. The molecule has 1 amide bonds. The predicted octanol–water partition coefficient (Wildman–Crippen LogP) is 1.05. The molecule has 2 rings (SSSR count). The summed E-state index contributed by atoms with van der Waals surface area (Å²) in [6.07, 6.45) is 1.05. The van der Waals surface area contributed by atoms with E-state index in [0.717, 1.165) is 6.42 Å². The number of amides is 1. The maximum absolute atomic E-state index is 12.1. The molecule has 1 fully saturated rings. The molecule has 118 valence electrons. The molecular formula is C14H24N4O3. The first-order valence-electron chi connectivity index (χ1n) is 7.31. The monoisotopic (exact) mass is 296 g/mol. The quantitative estimate of drug-likeness (QED) is 0.860. The van der Waals surface area contributed by atoms with Crippen molar-refractivity contribution in [3.05, 3.63) is 11.7 Å². The molecule has 0 saturated carbocycles. The van der Waals surface area contributed by atoms with Crippen LogP contribution in [-0.4, -0.2) is 34.8 Å². The summed E-state index contributed by atoms with van der Waals surface area (Å²) >= 11 is 0. The average molecular weight is 296 g/mol. The van der Waals surface area contributed by atoms with Gasteiger partial charge in [-0.1, -0.05) is 25.9 Å². The Morgan fingerprint density at radius 2 is 2.19 bits per heavy atom. The van der Waals surface area contributed by atoms with Crippen molar-refractivity contribution in [1.82, 2.24) is 15.5 Å². The van der Waals surface area contributed by atoms with Crippen molar-refractivity contribution in [1.29, 1.82) is 0 Å². The van der Waals surface area contributed by atoms with E-state index in [1.807, 2.05) is 27.7 Å². The van der Waals surface area contributed by atoms with Crippen LogP contribution in [-0.2, 0) is 14.9 Å². The Hall–Kier alpha value is -1.47. The van der Waals surface area contributed by atoms with Crippen molar-refractivity contribution in [3.63, 3.8) is 0 Å². The van der Waals surface area contributed by atoms with Crippen LogP contribution in [0.5, 0.6) is 0 Å². The van der Waals surface area contributed by atoms with Crippen LogP contribution in [0.1, 0.15) is 58.3 Å². The summed E-state index contributed by atoms with van der Waals surface area (Å²) in [5.74, 6) is 0.870. The number of carbonyl (C=O) groups excluding carboxylic acids is 1. The second-order valence-corrected chi connectivity index (χ2v) is 6.50. The van der Waals surface area contributed by atoms with Crippen LogP contribution in [0.2, 0.25) is 0 Å². The molecule has 0 aliphatic carbocycles. The minimum atomic E-state index is -0.439. The van der Waals surface area contributed by atoms with Gasteiger partial charge in [0, 0.05) is 12.0 Å². The van der Waals surface area contributed by atoms with Gasteiger partial charge >= 0.3 is 0 Å². The lowest BCUT2D eigenvalue weighted by Crippen LogP contribution is -2.37. The van der Waals surface area contributed by atoms with E-state index in [-0.39, 0.29) is 23.5 Å². The molecule has 0 aromatic carbocycles. The van der Waals surface area contributed by atoms with Crippen molar-refractivity contribution in [2.24, 2.45) is 5.73 Å². The lowest BCUT2D eigenvalue weighted by Gasteiger charge is -2.15. The molecule has 1 unspecified atom stereocenters. The molecule has 0 radical (unpaired) electrons. The third-order valence-corrected chi connectivity index (χ3v) is 3.50. The molecule has 7 heteroatoms. The SMILES string of the molecule is CC(NC(=O)[C@@H]1CC[C@H](CN)O1)c1nc(C(C)(C)C)no1. The van der Waals surface area contributed by atoms with Gasteiger partial charge in [0.15, 0.2) is 5.82 Å². The summed E-state index contributed by atoms with van der Waals surface area (Å²) in [6, 6.07) is -0.346. The van der Waals surface area contributed by atoms with Crippen LogP contribution >= 0.6 is 0 Å². The summed E-state index contributed by atoms with van der Waals surface area (Å²) in [5, 5.41) is 6.80. The number of ether oxygens (including phenoxy) is 1. The van der Waals surface area contributed by atoms with Gasteiger partial charge in [0.1, 0.15) is 12.1 Å². The summed E-state index contributed by atoms with van der Waals surface area (Å²) < 4.78 is 10.8. The van der Waals surface area contributed by atoms with Gasteiger partial charge in [0.05, 0.1) is 6.10 Å². The van der Waals surface area contributed by atoms with Crippen LogP contribution in [0.4, 0.5) is 0 Å². The lowest BCUT2D eigenvalue weighted by atomic mass is 9.96. The molecule has 1 aliphatic heterocycles. The summed E-state index contributed by atoms with van der Waals surface area (Å²) in [5.41, 5.74) is 5.36. The van der Waals surface area contributed by atoms with Crippen molar-refractivity contribution in [3.8, 4) is 0 Å². The minimum absolute atomic E-state index is 0.0213. The normalized spacial score (nSPS) is 24.0. The fourth-order valence-corrected chi connectivity index (χ4v) is 2.16. The van der Waals surface area contributed by atoms with E-state index in [2.05, 4.69) is 15.5 Å². The van der Waals surface area contributed by atoms with Gasteiger partial charge < -0.3 is 20.3 Å². The largest absolute Gasteiger partial charge is 0.364 e. The Bertz CT molecular complexity index is 495. The molecule has 1 saturated heterocycles. The molecule has 1 aromatic heterocycles. The van der Waals surface area contributed by atoms with Crippen molar-refractivity contribution in [2.75, 3.05) is 6.54 Å². The zero-order chi connectivity index (χ0) is 15.6. The second kappa shape index (κ2) is 6.11. The molecule has 3 atom stereocenters. The number of carbonyl (C=O) groups is 1. The summed E-state index contributed by atoms with van der Waals surface area (Å²) in [7, 11) is 0. The number of nitrogens with zero attached hydrogens (tertiary/aromatic N) is 2. The third-order valence-electron chi connectivity index (χ3n) is 3.50. The predicted molar refractivity (Wildman–Crippen MR) is 76.5 cm³/mol. The molecule has 2 heterocycles. The Kier molecular flexibility index (Phi) is 4.63. The molecule has 1 aromatic rings. The van der Waals surface area contributed by atoms with Crippen LogP contribution in [0.25, 0.3) is 0 Å². The minimum Gasteiger partial charge on any atom is -0.364 e. The number of hydrogen-bond donors (Lipinski definition) is 2. The van der Waals surface area contributed by atoms with Gasteiger partial charge in [0.2, 0.25) is 11.8 Å². The van der Waals surface area contributed by atoms with E-state index in [9.17, 15) is 4.79 Å². The fraction of sp³-hybridized carbons (Fsp3) is 0.786. The third kappa shape index (κ3) is 3.79. The number of rotatable bonds is 4. The van der Waals surface area contributed by atoms with Crippen LogP contribution in [0.15, 0.2) is 4.52 Å². The molecule has 0 bridgehead atoms. The molecule has 1 aliphatic rings. The van der Waals surface area contributed by atoms with E-state index in [1.165, 1.54) is 0 Å². The van der Waals surface area contributed by atoms with E-state index in [1.54, 1.807) is 0 Å². The van der Waals surface area contributed by atoms with E-state index in [4.69, 9.17) is 15.0 Å². The smallest absolute Gasteiger partial charge is 0.249 e. The molecule has 7 nitrogen and oxygen atoms in total. The van der Waals surface area contributed by atoms with Crippen LogP contribution in [0.3, 0.4) is 0 Å². The number of hydrogen-bond acceptors (Lipinski definition) is 6. The number of nitrogens with two attached hydrogens (primary N) is 1. The first kappa shape index (κ1) is 15.9. The zero-order valence-electron chi connectivity index (χ0n) is 13.0. The highest BCUT2D eigenvalue weighted by Gasteiger charge is 2.31. The average Bonchev–Trinajstić information content (AvgIpc) is 3.07. The summed E-state index contributed by atoms with van der Waals surface area (Å²) in [4.78, 5) is 16.5. The Labute approximate surface area is 124 Å². The second-order valence-electron chi connectivity index (χ2n) is 6.50. The topological polar surface area (TPSA) is 103 Å². The maximum Gasteiger partial charge on any atom is 0.249 e. The number of nitrogens with one attached hydrogen (secondary N) is 1. The summed E-state index contributed by atoms with van der Waals surface area (Å²) in [6.45, 7) is 8.27. The van der Waals surface area contributed by atoms with Gasteiger partial charge in [-0.2, -0.15) is 4.98 Å². The van der Waals surface area contributed by atoms with Gasteiger partial charge in [-0.3, -0.25) is 4.79 Å². The lowest BCUT2D eigenvalue weighted by molar-refractivity contribution is -0.132. The highest BCUT2D eigenvalue weighted by molar-refractivity contribution is 5.81. The molecule has 0 spiro atoms. The molecule has 21 heavy (non-hydrogen) atoms. The maximum atomic E-state index is 12.1. The molecule has 3 N–H and O–H groups in total. The Morgan fingerprint density at radius 1 is 1.48 bits per heavy atom. The molecular weight excluding hydrogens is 272 g/mol. The van der Waals surface area contributed by atoms with Gasteiger partial charge in [-0.05, 0) is 19.8 Å². The van der Waals surface area contributed by atoms with Gasteiger partial charge in [0.25, 0.3) is 0 Å². The van der Waals surface area contributed by atoms with Crippen molar-refractivity contribution < 1.29 is 14.1 Å². The highest BCUT2D eigenvalue weighted by Crippen LogP contribution is 2.22. The van der Waals surface area contributed by atoms with E-state index in [0.29, 0.717) is 24.7 Å². The number of aromatic nitrogens is 2. The van der Waals surface area contributed by atoms with Crippen LogP contribution in [0, 0.1) is 0 Å². The van der Waals surface area contributed by atoms with Crippen molar-refractivity contribution >= 4 is 5.91 Å². The van der Waals surface area contributed by atoms with Crippen molar-refractivity contribution in [2.45, 2.75) is 64.2 Å². The highest BCUT2D eigenvalue weighted by atomic mass is 16.5. The first-order valence-corrected chi connectivity index (χ1v) is 7.31. The Balaban J connectivity index is 1.93. The fourth-order valence-electron chi connectivity index (χ4n) is 2.16. The van der Waals surface area contributed by atoms with Crippen LogP contribution < -0.4 is 11.1 Å². The van der Waals surface area contributed by atoms with E-state index < -0.39 is 6.10 Å². The first-order chi connectivity index (χ1) is 9.81. The van der Waals surface area contributed by atoms with Gasteiger partial charge in [-0.15, -0.1) is 0 Å². The van der Waals surface area contributed by atoms with Gasteiger partial charge in [-0.25, -0.2) is 0 Å². The standard InChI is InChI=1S/C14H24N4O3/c1-8(12-17-13(18-21-12)14(2,3)4)16-11(19)10-6-5-9(7-15)20-10/h8-10H,5-7,15H2,1-4H3,(H,16,19)/t8?,9-,10+/m1/s1. The van der Waals surface area contributed by atoms with E-state index >= 15 is 0 Å². The Morgan fingerprint density at radius 3 is 2.71 bits per heavy atom.